The maximum atomic E-state index is 12.1. The SMILES string of the molecule is CC(C)(C)[C@@H](N)C(=O)N1CCCC(CO)C1. The van der Waals surface area contributed by atoms with Crippen LogP contribution in [0.2, 0.25) is 0 Å². The van der Waals surface area contributed by atoms with Gasteiger partial charge in [0.2, 0.25) is 5.91 Å². The Morgan fingerprint density at radius 1 is 1.56 bits per heavy atom. The maximum absolute atomic E-state index is 12.1. The molecule has 1 rings (SSSR count). The molecule has 1 aliphatic heterocycles. The Labute approximate surface area is 97.8 Å². The molecule has 0 bridgehead atoms. The number of aliphatic hydroxyl groups excluding tert-OH is 1. The van der Waals surface area contributed by atoms with Crippen molar-refractivity contribution in [1.29, 1.82) is 0 Å². The van der Waals surface area contributed by atoms with Crippen LogP contribution in [0.25, 0.3) is 0 Å². The summed E-state index contributed by atoms with van der Waals surface area (Å²) in [5, 5.41) is 9.12. The highest BCUT2D eigenvalue weighted by Gasteiger charge is 2.33. The van der Waals surface area contributed by atoms with Crippen LogP contribution >= 0.6 is 0 Å². The van der Waals surface area contributed by atoms with Crippen LogP contribution in [-0.4, -0.2) is 41.7 Å². The van der Waals surface area contributed by atoms with E-state index in [9.17, 15) is 4.79 Å². The molecule has 16 heavy (non-hydrogen) atoms. The van der Waals surface area contributed by atoms with Gasteiger partial charge >= 0.3 is 0 Å². The average Bonchev–Trinajstić information content (AvgIpc) is 2.26. The number of rotatable bonds is 2. The lowest BCUT2D eigenvalue weighted by Gasteiger charge is -2.36. The third-order valence-electron chi connectivity index (χ3n) is 3.29. The second-order valence-electron chi connectivity index (χ2n) is 5.82. The molecule has 2 atom stereocenters. The van der Waals surface area contributed by atoms with Gasteiger partial charge in [0.05, 0.1) is 6.04 Å². The largest absolute Gasteiger partial charge is 0.396 e. The Bertz CT molecular complexity index is 248. The summed E-state index contributed by atoms with van der Waals surface area (Å²) in [4.78, 5) is 13.9. The van der Waals surface area contributed by atoms with Crippen molar-refractivity contribution >= 4 is 5.91 Å². The van der Waals surface area contributed by atoms with Crippen molar-refractivity contribution in [2.45, 2.75) is 39.7 Å². The number of hydrogen-bond donors (Lipinski definition) is 2. The fraction of sp³-hybridized carbons (Fsp3) is 0.917. The first-order valence-corrected chi connectivity index (χ1v) is 6.01. The van der Waals surface area contributed by atoms with Crippen LogP contribution in [0.15, 0.2) is 0 Å². The number of amides is 1. The summed E-state index contributed by atoms with van der Waals surface area (Å²) in [6.45, 7) is 7.52. The minimum Gasteiger partial charge on any atom is -0.396 e. The van der Waals surface area contributed by atoms with E-state index >= 15 is 0 Å². The molecular weight excluding hydrogens is 204 g/mol. The third kappa shape index (κ3) is 3.19. The smallest absolute Gasteiger partial charge is 0.240 e. The van der Waals surface area contributed by atoms with Gasteiger partial charge in [0.15, 0.2) is 0 Å². The van der Waals surface area contributed by atoms with E-state index < -0.39 is 6.04 Å². The minimum atomic E-state index is -0.454. The van der Waals surface area contributed by atoms with Crippen molar-refractivity contribution in [2.24, 2.45) is 17.1 Å². The van der Waals surface area contributed by atoms with E-state index in [-0.39, 0.29) is 23.8 Å². The highest BCUT2D eigenvalue weighted by atomic mass is 16.3. The number of nitrogens with two attached hydrogens (primary N) is 1. The first-order valence-electron chi connectivity index (χ1n) is 6.01. The zero-order chi connectivity index (χ0) is 12.3. The molecule has 0 radical (unpaired) electrons. The third-order valence-corrected chi connectivity index (χ3v) is 3.29. The molecule has 0 spiro atoms. The molecule has 0 aliphatic carbocycles. The van der Waals surface area contributed by atoms with Gasteiger partial charge in [0.1, 0.15) is 0 Å². The Kier molecular flexibility index (Phi) is 4.33. The summed E-state index contributed by atoms with van der Waals surface area (Å²) in [5.74, 6) is 0.246. The fourth-order valence-electron chi connectivity index (χ4n) is 1.98. The summed E-state index contributed by atoms with van der Waals surface area (Å²) < 4.78 is 0. The highest BCUT2D eigenvalue weighted by Crippen LogP contribution is 2.22. The van der Waals surface area contributed by atoms with Gasteiger partial charge in [-0.15, -0.1) is 0 Å². The van der Waals surface area contributed by atoms with E-state index in [1.807, 2.05) is 20.8 Å². The number of likely N-dealkylation sites (tertiary alicyclic amines) is 1. The monoisotopic (exact) mass is 228 g/mol. The number of aliphatic hydroxyl groups is 1. The number of piperidine rings is 1. The van der Waals surface area contributed by atoms with E-state index in [1.165, 1.54) is 0 Å². The van der Waals surface area contributed by atoms with E-state index in [2.05, 4.69) is 0 Å². The van der Waals surface area contributed by atoms with Crippen LogP contribution in [0.3, 0.4) is 0 Å². The summed E-state index contributed by atoms with van der Waals surface area (Å²) in [6.07, 6.45) is 1.97. The number of carbonyl (C=O) groups is 1. The second-order valence-corrected chi connectivity index (χ2v) is 5.82. The fourth-order valence-corrected chi connectivity index (χ4v) is 1.98. The normalized spacial score (nSPS) is 24.3. The van der Waals surface area contributed by atoms with Crippen molar-refractivity contribution in [1.82, 2.24) is 4.90 Å². The minimum absolute atomic E-state index is 0.0191. The molecule has 4 heteroatoms. The van der Waals surface area contributed by atoms with E-state index in [4.69, 9.17) is 10.8 Å². The van der Waals surface area contributed by atoms with Gasteiger partial charge in [0, 0.05) is 19.7 Å². The van der Waals surface area contributed by atoms with Gasteiger partial charge in [-0.3, -0.25) is 4.79 Å². The molecule has 3 N–H and O–H groups in total. The lowest BCUT2D eigenvalue weighted by molar-refractivity contribution is -0.137. The van der Waals surface area contributed by atoms with Crippen LogP contribution in [0.5, 0.6) is 0 Å². The topological polar surface area (TPSA) is 66.6 Å². The molecule has 1 amide bonds. The molecule has 0 aromatic rings. The van der Waals surface area contributed by atoms with Gasteiger partial charge in [-0.05, 0) is 24.2 Å². The highest BCUT2D eigenvalue weighted by molar-refractivity contribution is 5.82. The summed E-state index contributed by atoms with van der Waals surface area (Å²) >= 11 is 0. The molecule has 0 aromatic heterocycles. The molecule has 0 saturated carbocycles. The Balaban J connectivity index is 2.60. The van der Waals surface area contributed by atoms with Crippen molar-refractivity contribution in [3.63, 3.8) is 0 Å². The lowest BCUT2D eigenvalue weighted by atomic mass is 9.86. The van der Waals surface area contributed by atoms with Gasteiger partial charge < -0.3 is 15.7 Å². The van der Waals surface area contributed by atoms with Crippen molar-refractivity contribution < 1.29 is 9.90 Å². The molecule has 0 aromatic carbocycles. The number of nitrogens with zero attached hydrogens (tertiary/aromatic N) is 1. The van der Waals surface area contributed by atoms with Crippen LogP contribution in [0.4, 0.5) is 0 Å². The van der Waals surface area contributed by atoms with Crippen LogP contribution in [0.1, 0.15) is 33.6 Å². The van der Waals surface area contributed by atoms with Gasteiger partial charge in [-0.1, -0.05) is 20.8 Å². The molecule has 1 aliphatic rings. The summed E-state index contributed by atoms with van der Waals surface area (Å²) in [7, 11) is 0. The Hall–Kier alpha value is -0.610. The second kappa shape index (κ2) is 5.15. The van der Waals surface area contributed by atoms with E-state index in [0.29, 0.717) is 6.54 Å². The van der Waals surface area contributed by atoms with Crippen molar-refractivity contribution in [3.8, 4) is 0 Å². The zero-order valence-corrected chi connectivity index (χ0v) is 10.6. The predicted molar refractivity (Wildman–Crippen MR) is 63.8 cm³/mol. The average molecular weight is 228 g/mol. The van der Waals surface area contributed by atoms with Gasteiger partial charge in [-0.2, -0.15) is 0 Å². The lowest BCUT2D eigenvalue weighted by Crippen LogP contribution is -2.53. The van der Waals surface area contributed by atoms with Crippen LogP contribution in [0, 0.1) is 11.3 Å². The quantitative estimate of drug-likeness (QED) is 0.727. The molecular formula is C12H24N2O2. The van der Waals surface area contributed by atoms with E-state index in [1.54, 1.807) is 4.90 Å². The molecule has 1 fully saturated rings. The standard InChI is InChI=1S/C12H24N2O2/c1-12(2,3)10(13)11(16)14-6-4-5-9(7-14)8-15/h9-10,15H,4-8,13H2,1-3H3/t9?,10-/m0/s1. The van der Waals surface area contributed by atoms with Crippen molar-refractivity contribution in [2.75, 3.05) is 19.7 Å². The Morgan fingerprint density at radius 3 is 2.69 bits per heavy atom. The first-order chi connectivity index (χ1) is 7.36. The molecule has 94 valence electrons. The zero-order valence-electron chi connectivity index (χ0n) is 10.6. The predicted octanol–water partition coefficient (Wildman–Crippen LogP) is 0.591. The van der Waals surface area contributed by atoms with Crippen molar-refractivity contribution in [3.05, 3.63) is 0 Å². The molecule has 1 saturated heterocycles. The number of carbonyl (C=O) groups excluding carboxylic acids is 1. The summed E-state index contributed by atoms with van der Waals surface area (Å²) in [6, 6.07) is -0.454. The van der Waals surface area contributed by atoms with Crippen LogP contribution < -0.4 is 5.73 Å². The molecule has 4 nitrogen and oxygen atoms in total. The first kappa shape index (κ1) is 13.5. The van der Waals surface area contributed by atoms with Gasteiger partial charge in [0.25, 0.3) is 0 Å². The molecule has 1 unspecified atom stereocenters. The summed E-state index contributed by atoms with van der Waals surface area (Å²) in [5.41, 5.74) is 5.75. The molecule has 1 heterocycles. The van der Waals surface area contributed by atoms with Gasteiger partial charge in [-0.25, -0.2) is 0 Å². The van der Waals surface area contributed by atoms with E-state index in [0.717, 1.165) is 19.4 Å². The Morgan fingerprint density at radius 2 is 2.19 bits per heavy atom. The maximum Gasteiger partial charge on any atom is 0.240 e. The number of hydrogen-bond acceptors (Lipinski definition) is 3. The van der Waals surface area contributed by atoms with Crippen LogP contribution in [-0.2, 0) is 4.79 Å².